The van der Waals surface area contributed by atoms with Gasteiger partial charge in [-0.1, -0.05) is 31.6 Å². The maximum atomic E-state index is 9.78. The number of aryl methyl sites for hydroxylation is 1. The number of benzene rings is 1. The summed E-state index contributed by atoms with van der Waals surface area (Å²) in [7, 11) is 0. The van der Waals surface area contributed by atoms with E-state index in [1.807, 2.05) is 31.2 Å². The van der Waals surface area contributed by atoms with Gasteiger partial charge in [0.05, 0.1) is 0 Å². The molecule has 1 rings (SSSR count). The van der Waals surface area contributed by atoms with E-state index < -0.39 is 0 Å². The van der Waals surface area contributed by atoms with E-state index in [1.165, 1.54) is 6.42 Å². The number of rotatable bonds is 8. The van der Waals surface area contributed by atoms with Crippen LogP contribution in [0, 0.1) is 12.8 Å². The lowest BCUT2D eigenvalue weighted by atomic mass is 9.98. The van der Waals surface area contributed by atoms with Crippen LogP contribution in [-0.2, 0) is 6.54 Å². The molecule has 0 spiro atoms. The predicted octanol–water partition coefficient (Wildman–Crippen LogP) is 3.78. The van der Waals surface area contributed by atoms with Gasteiger partial charge in [0.15, 0.2) is 0 Å². The maximum Gasteiger partial charge on any atom is 0.120 e. The minimum absolute atomic E-state index is 0.389. The molecule has 1 aromatic carbocycles. The zero-order valence-electron chi connectivity index (χ0n) is 11.6. The number of hydrogen-bond donors (Lipinski definition) is 2. The Kier molecular flexibility index (Phi) is 6.51. The first-order chi connectivity index (χ1) is 8.67. The summed E-state index contributed by atoms with van der Waals surface area (Å²) in [5.74, 6) is 1.11. The van der Waals surface area contributed by atoms with E-state index in [-0.39, 0.29) is 0 Å². The molecule has 0 saturated heterocycles. The van der Waals surface area contributed by atoms with Crippen molar-refractivity contribution < 1.29 is 5.11 Å². The quantitative estimate of drug-likeness (QED) is 0.541. The Morgan fingerprint density at radius 3 is 2.83 bits per heavy atom. The average molecular weight is 247 g/mol. The van der Waals surface area contributed by atoms with Crippen molar-refractivity contribution >= 4 is 0 Å². The molecule has 0 radical (unpaired) electrons. The molecule has 0 heterocycles. The van der Waals surface area contributed by atoms with Gasteiger partial charge >= 0.3 is 0 Å². The molecule has 0 aromatic heterocycles. The van der Waals surface area contributed by atoms with Crippen LogP contribution in [0.1, 0.15) is 37.3 Å². The van der Waals surface area contributed by atoms with Gasteiger partial charge in [-0.3, -0.25) is 0 Å². The molecule has 0 amide bonds. The van der Waals surface area contributed by atoms with Crippen molar-refractivity contribution in [2.45, 2.75) is 39.7 Å². The number of allylic oxidation sites excluding steroid dienone is 1. The van der Waals surface area contributed by atoms with Gasteiger partial charge in [-0.15, -0.1) is 6.58 Å². The Morgan fingerprint density at radius 2 is 2.22 bits per heavy atom. The van der Waals surface area contributed by atoms with E-state index in [0.717, 1.165) is 43.0 Å². The van der Waals surface area contributed by atoms with Crippen LogP contribution in [0.3, 0.4) is 0 Å². The fourth-order valence-corrected chi connectivity index (χ4v) is 2.08. The van der Waals surface area contributed by atoms with Crippen molar-refractivity contribution in [1.82, 2.24) is 5.32 Å². The maximum absolute atomic E-state index is 9.78. The summed E-state index contributed by atoms with van der Waals surface area (Å²) in [5.41, 5.74) is 2.06. The van der Waals surface area contributed by atoms with Crippen molar-refractivity contribution in [3.05, 3.63) is 42.0 Å². The SMILES string of the molecule is C=CCC(CC)CCNCc1ccc(C)cc1O. The van der Waals surface area contributed by atoms with E-state index >= 15 is 0 Å². The number of phenolic OH excluding ortho intramolecular Hbond substituents is 1. The third-order valence-corrected chi connectivity index (χ3v) is 3.36. The van der Waals surface area contributed by atoms with Gasteiger partial charge in [-0.2, -0.15) is 0 Å². The highest BCUT2D eigenvalue weighted by Crippen LogP contribution is 2.18. The molecule has 18 heavy (non-hydrogen) atoms. The standard InChI is InChI=1S/C16H25NO/c1-4-6-14(5-2)9-10-17-12-15-8-7-13(3)11-16(15)18/h4,7-8,11,14,17-18H,1,5-6,9-10,12H2,2-3H3. The highest BCUT2D eigenvalue weighted by molar-refractivity contribution is 5.35. The Morgan fingerprint density at radius 1 is 1.44 bits per heavy atom. The largest absolute Gasteiger partial charge is 0.508 e. The molecule has 0 fully saturated rings. The van der Waals surface area contributed by atoms with Gasteiger partial charge in [0.2, 0.25) is 0 Å². The van der Waals surface area contributed by atoms with E-state index in [1.54, 1.807) is 0 Å². The first-order valence-electron chi connectivity index (χ1n) is 6.77. The van der Waals surface area contributed by atoms with Crippen LogP contribution in [0.15, 0.2) is 30.9 Å². The molecule has 1 aromatic rings. The molecule has 1 atom stereocenters. The molecule has 2 N–H and O–H groups in total. The average Bonchev–Trinajstić information content (AvgIpc) is 2.35. The summed E-state index contributed by atoms with van der Waals surface area (Å²) in [6.45, 7) is 9.72. The van der Waals surface area contributed by atoms with E-state index in [4.69, 9.17) is 0 Å². The molecular weight excluding hydrogens is 222 g/mol. The molecule has 0 bridgehead atoms. The summed E-state index contributed by atoms with van der Waals surface area (Å²) in [5, 5.41) is 13.2. The smallest absolute Gasteiger partial charge is 0.120 e. The fraction of sp³-hybridized carbons (Fsp3) is 0.500. The summed E-state index contributed by atoms with van der Waals surface area (Å²) in [6.07, 6.45) is 5.45. The second-order valence-electron chi connectivity index (χ2n) is 4.90. The number of hydrogen-bond acceptors (Lipinski definition) is 2. The molecule has 1 unspecified atom stereocenters. The lowest BCUT2D eigenvalue weighted by Gasteiger charge is -2.13. The Balaban J connectivity index is 2.31. The van der Waals surface area contributed by atoms with Crippen LogP contribution in [0.5, 0.6) is 5.75 Å². The fourth-order valence-electron chi connectivity index (χ4n) is 2.08. The van der Waals surface area contributed by atoms with Crippen molar-refractivity contribution in [2.75, 3.05) is 6.54 Å². The molecule has 0 saturated carbocycles. The van der Waals surface area contributed by atoms with Crippen LogP contribution in [0.2, 0.25) is 0 Å². The minimum Gasteiger partial charge on any atom is -0.508 e. The topological polar surface area (TPSA) is 32.3 Å². The first-order valence-corrected chi connectivity index (χ1v) is 6.77. The Labute approximate surface area is 111 Å². The van der Waals surface area contributed by atoms with Crippen LogP contribution in [0.4, 0.5) is 0 Å². The van der Waals surface area contributed by atoms with Gasteiger partial charge in [-0.25, -0.2) is 0 Å². The zero-order chi connectivity index (χ0) is 13.4. The van der Waals surface area contributed by atoms with Crippen molar-refractivity contribution in [1.29, 1.82) is 0 Å². The van der Waals surface area contributed by atoms with E-state index in [2.05, 4.69) is 18.8 Å². The van der Waals surface area contributed by atoms with Gasteiger partial charge in [-0.05, 0) is 43.9 Å². The van der Waals surface area contributed by atoms with Crippen LogP contribution >= 0.6 is 0 Å². The van der Waals surface area contributed by atoms with Gasteiger partial charge in [0.25, 0.3) is 0 Å². The summed E-state index contributed by atoms with van der Waals surface area (Å²) in [6, 6.07) is 5.82. The van der Waals surface area contributed by atoms with Crippen LogP contribution in [0.25, 0.3) is 0 Å². The molecular formula is C16H25NO. The van der Waals surface area contributed by atoms with Gasteiger partial charge in [0.1, 0.15) is 5.75 Å². The monoisotopic (exact) mass is 247 g/mol. The minimum atomic E-state index is 0.389. The lowest BCUT2D eigenvalue weighted by Crippen LogP contribution is -2.17. The zero-order valence-corrected chi connectivity index (χ0v) is 11.6. The lowest BCUT2D eigenvalue weighted by molar-refractivity contribution is 0.445. The molecule has 100 valence electrons. The van der Waals surface area contributed by atoms with E-state index in [9.17, 15) is 5.11 Å². The number of nitrogens with one attached hydrogen (secondary N) is 1. The van der Waals surface area contributed by atoms with Crippen molar-refractivity contribution in [3.63, 3.8) is 0 Å². The third kappa shape index (κ3) is 4.92. The van der Waals surface area contributed by atoms with Crippen LogP contribution < -0.4 is 5.32 Å². The highest BCUT2D eigenvalue weighted by atomic mass is 16.3. The molecule has 2 heteroatoms. The summed E-state index contributed by atoms with van der Waals surface area (Å²) in [4.78, 5) is 0. The van der Waals surface area contributed by atoms with Gasteiger partial charge < -0.3 is 10.4 Å². The highest BCUT2D eigenvalue weighted by Gasteiger charge is 2.04. The Bertz CT molecular complexity index is 373. The predicted molar refractivity (Wildman–Crippen MR) is 77.8 cm³/mol. The van der Waals surface area contributed by atoms with Crippen LogP contribution in [-0.4, -0.2) is 11.7 Å². The first kappa shape index (κ1) is 14.8. The van der Waals surface area contributed by atoms with Gasteiger partial charge in [0, 0.05) is 12.1 Å². The number of aromatic hydroxyl groups is 1. The summed E-state index contributed by atoms with van der Waals surface area (Å²) >= 11 is 0. The van der Waals surface area contributed by atoms with E-state index in [0.29, 0.717) is 5.75 Å². The number of phenols is 1. The molecule has 0 aliphatic carbocycles. The third-order valence-electron chi connectivity index (χ3n) is 3.36. The normalized spacial score (nSPS) is 12.3. The molecule has 0 aliphatic heterocycles. The van der Waals surface area contributed by atoms with Crippen molar-refractivity contribution in [2.24, 2.45) is 5.92 Å². The summed E-state index contributed by atoms with van der Waals surface area (Å²) < 4.78 is 0. The second kappa shape index (κ2) is 7.93. The molecule has 0 aliphatic rings. The molecule has 2 nitrogen and oxygen atoms in total. The second-order valence-corrected chi connectivity index (χ2v) is 4.90. The Hall–Kier alpha value is -1.28. The van der Waals surface area contributed by atoms with Crippen molar-refractivity contribution in [3.8, 4) is 5.75 Å².